The Morgan fingerprint density at radius 3 is 2.54 bits per heavy atom. The maximum absolute atomic E-state index is 12.0. The van der Waals surface area contributed by atoms with Crippen LogP contribution in [0.2, 0.25) is 0 Å². The van der Waals surface area contributed by atoms with Crippen LogP contribution in [0, 0.1) is 10.1 Å². The molecule has 1 rings (SSSR count). The summed E-state index contributed by atoms with van der Waals surface area (Å²) in [5, 5.41) is 10.0. The lowest BCUT2D eigenvalue weighted by molar-refractivity contribution is -0.402. The zero-order valence-corrected chi connectivity index (χ0v) is 6.95. The van der Waals surface area contributed by atoms with E-state index < -0.39 is 26.8 Å². The van der Waals surface area contributed by atoms with Crippen molar-refractivity contribution in [2.24, 2.45) is 0 Å². The first kappa shape index (κ1) is 9.65. The van der Waals surface area contributed by atoms with Gasteiger partial charge in [0.1, 0.15) is 16.4 Å². The molecule has 0 aliphatic rings. The molecule has 0 bridgehead atoms. The van der Waals surface area contributed by atoms with Gasteiger partial charge in [-0.25, -0.2) is 0 Å². The Morgan fingerprint density at radius 2 is 2.15 bits per heavy atom. The first-order valence-electron chi connectivity index (χ1n) is 3.04. The zero-order chi connectivity index (χ0) is 10.1. The zero-order valence-electron chi connectivity index (χ0n) is 6.14. The van der Waals surface area contributed by atoms with Gasteiger partial charge in [-0.15, -0.1) is 3.89 Å². The van der Waals surface area contributed by atoms with Crippen LogP contribution in [-0.2, 0) is 16.0 Å². The number of halogens is 1. The fraction of sp³-hybridized carbons (Fsp3) is 0.200. The van der Waals surface area contributed by atoms with E-state index in [4.69, 9.17) is 0 Å². The molecular weight excluding hydrogens is 205 g/mol. The van der Waals surface area contributed by atoms with Gasteiger partial charge in [0.05, 0.1) is 6.07 Å². The van der Waals surface area contributed by atoms with E-state index in [1.54, 1.807) is 0 Å². The van der Waals surface area contributed by atoms with Gasteiger partial charge in [0.25, 0.3) is 0 Å². The molecule has 8 heteroatoms. The number of hydrogen-bond acceptors (Lipinski definition) is 5. The number of rotatable bonds is 3. The Kier molecular flexibility index (Phi) is 2.32. The van der Waals surface area contributed by atoms with E-state index in [1.165, 1.54) is 0 Å². The van der Waals surface area contributed by atoms with Crippen molar-refractivity contribution in [2.45, 2.75) is 5.75 Å². The van der Waals surface area contributed by atoms with E-state index in [2.05, 4.69) is 4.42 Å². The molecule has 1 aromatic rings. The molecule has 0 N–H and O–H groups in total. The number of furan rings is 1. The fourth-order valence-corrected chi connectivity index (χ4v) is 1.21. The smallest absolute Gasteiger partial charge is 0.405 e. The third-order valence-electron chi connectivity index (χ3n) is 1.14. The maximum Gasteiger partial charge on any atom is 0.433 e. The summed E-state index contributed by atoms with van der Waals surface area (Å²) in [5.74, 6) is -1.89. The van der Waals surface area contributed by atoms with Gasteiger partial charge in [-0.1, -0.05) is 0 Å². The van der Waals surface area contributed by atoms with Gasteiger partial charge in [-0.05, 0) is 6.07 Å². The number of hydrogen-bond donors (Lipinski definition) is 0. The SMILES string of the molecule is O=[N+]([O-])c1ccc(CS(=O)(=O)F)o1. The lowest BCUT2D eigenvalue weighted by Crippen LogP contribution is -1.94. The predicted octanol–water partition coefficient (Wildman–Crippen LogP) is 0.987. The van der Waals surface area contributed by atoms with Gasteiger partial charge in [-0.2, -0.15) is 8.42 Å². The topological polar surface area (TPSA) is 90.4 Å². The van der Waals surface area contributed by atoms with Crippen molar-refractivity contribution in [3.8, 4) is 0 Å². The van der Waals surface area contributed by atoms with Crippen molar-refractivity contribution in [2.75, 3.05) is 0 Å². The molecule has 1 aromatic heterocycles. The normalized spacial score (nSPS) is 11.5. The third kappa shape index (κ3) is 2.82. The van der Waals surface area contributed by atoms with Gasteiger partial charge in [0.15, 0.2) is 0 Å². The number of nitro groups is 1. The largest absolute Gasteiger partial charge is 0.433 e. The van der Waals surface area contributed by atoms with Crippen molar-refractivity contribution in [3.63, 3.8) is 0 Å². The molecule has 0 aliphatic carbocycles. The second kappa shape index (κ2) is 3.13. The highest BCUT2D eigenvalue weighted by Gasteiger charge is 2.16. The molecule has 1 heterocycles. The van der Waals surface area contributed by atoms with E-state index in [0.29, 0.717) is 0 Å². The molecule has 0 aromatic carbocycles. The predicted molar refractivity (Wildman–Crippen MR) is 39.1 cm³/mol. The summed E-state index contributed by atoms with van der Waals surface area (Å²) < 4.78 is 36.6. The Hall–Kier alpha value is -1.44. The van der Waals surface area contributed by atoms with E-state index >= 15 is 0 Å². The summed E-state index contributed by atoms with van der Waals surface area (Å²) in [7, 11) is -4.71. The first-order chi connectivity index (χ1) is 5.88. The lowest BCUT2D eigenvalue weighted by atomic mass is 10.5. The molecule has 0 radical (unpaired) electrons. The minimum absolute atomic E-state index is 0.297. The van der Waals surface area contributed by atoms with Crippen LogP contribution in [0.15, 0.2) is 16.5 Å². The van der Waals surface area contributed by atoms with Gasteiger partial charge < -0.3 is 4.42 Å². The lowest BCUT2D eigenvalue weighted by Gasteiger charge is -1.87. The van der Waals surface area contributed by atoms with Crippen LogP contribution in [0.25, 0.3) is 0 Å². The standard InChI is InChI=1S/C5H4FNO5S/c6-13(10,11)3-4-1-2-5(12-4)7(8)9/h1-2H,3H2. The molecule has 0 spiro atoms. The van der Waals surface area contributed by atoms with Gasteiger partial charge >= 0.3 is 16.1 Å². The molecule has 0 saturated heterocycles. The van der Waals surface area contributed by atoms with E-state index in [0.717, 1.165) is 12.1 Å². The highest BCUT2D eigenvalue weighted by molar-refractivity contribution is 7.85. The first-order valence-corrected chi connectivity index (χ1v) is 4.59. The second-order valence-electron chi connectivity index (χ2n) is 2.18. The van der Waals surface area contributed by atoms with Gasteiger partial charge in [-0.3, -0.25) is 10.1 Å². The average Bonchev–Trinajstić information content (AvgIpc) is 2.31. The second-order valence-corrected chi connectivity index (χ2v) is 3.55. The summed E-state index contributed by atoms with van der Waals surface area (Å²) in [6.45, 7) is 0. The van der Waals surface area contributed by atoms with Crippen molar-refractivity contribution >= 4 is 16.1 Å². The summed E-state index contributed by atoms with van der Waals surface area (Å²) in [6, 6.07) is 2.00. The van der Waals surface area contributed by atoms with Crippen molar-refractivity contribution in [3.05, 3.63) is 28.0 Å². The molecule has 0 fully saturated rings. The summed E-state index contributed by atoms with van der Waals surface area (Å²) in [6.07, 6.45) is 0. The number of nitrogens with zero attached hydrogens (tertiary/aromatic N) is 1. The van der Waals surface area contributed by atoms with Crippen LogP contribution in [0.4, 0.5) is 9.77 Å². The quantitative estimate of drug-likeness (QED) is 0.420. The van der Waals surface area contributed by atoms with Crippen LogP contribution in [-0.4, -0.2) is 13.3 Å². The summed E-state index contributed by atoms with van der Waals surface area (Å²) >= 11 is 0. The van der Waals surface area contributed by atoms with Crippen LogP contribution in [0.3, 0.4) is 0 Å². The molecule has 0 unspecified atom stereocenters. The molecule has 72 valence electrons. The Balaban J connectivity index is 2.87. The van der Waals surface area contributed by atoms with Crippen LogP contribution >= 0.6 is 0 Å². The summed E-state index contributed by atoms with van der Waals surface area (Å²) in [4.78, 5) is 9.21. The van der Waals surface area contributed by atoms with E-state index in [1.807, 2.05) is 0 Å². The van der Waals surface area contributed by atoms with Crippen molar-refractivity contribution < 1.29 is 21.6 Å². The molecule has 0 saturated carbocycles. The van der Waals surface area contributed by atoms with Gasteiger partial charge in [0, 0.05) is 0 Å². The molecular formula is C5H4FNO5S. The van der Waals surface area contributed by atoms with Crippen molar-refractivity contribution in [1.82, 2.24) is 0 Å². The molecule has 0 amide bonds. The highest BCUT2D eigenvalue weighted by Crippen LogP contribution is 2.17. The Bertz CT molecular complexity index is 422. The fourth-order valence-electron chi connectivity index (χ4n) is 0.712. The molecule has 6 nitrogen and oxygen atoms in total. The van der Waals surface area contributed by atoms with Crippen LogP contribution in [0.5, 0.6) is 0 Å². The van der Waals surface area contributed by atoms with Gasteiger partial charge in [0.2, 0.25) is 0 Å². The third-order valence-corrected chi connectivity index (χ3v) is 1.77. The van der Waals surface area contributed by atoms with Crippen LogP contribution in [0.1, 0.15) is 5.76 Å². The summed E-state index contributed by atoms with van der Waals surface area (Å²) in [5.41, 5.74) is 0. The minimum Gasteiger partial charge on any atom is -0.405 e. The molecule has 13 heavy (non-hydrogen) atoms. The Labute approximate surface area is 72.3 Å². The van der Waals surface area contributed by atoms with E-state index in [9.17, 15) is 22.4 Å². The average molecular weight is 209 g/mol. The Morgan fingerprint density at radius 1 is 1.54 bits per heavy atom. The minimum atomic E-state index is -4.71. The van der Waals surface area contributed by atoms with Crippen LogP contribution < -0.4 is 0 Å². The van der Waals surface area contributed by atoms with Crippen molar-refractivity contribution in [1.29, 1.82) is 0 Å². The molecule has 0 aliphatic heterocycles. The maximum atomic E-state index is 12.0. The van der Waals surface area contributed by atoms with E-state index in [-0.39, 0.29) is 5.76 Å². The highest BCUT2D eigenvalue weighted by atomic mass is 32.3. The molecule has 0 atom stereocenters. The monoisotopic (exact) mass is 209 g/mol.